The first kappa shape index (κ1) is 93.9. The van der Waals surface area contributed by atoms with Crippen LogP contribution < -0.4 is 18.9 Å². The fourth-order valence-electron chi connectivity index (χ4n) is 17.3. The number of carbonyl (C=O) groups is 12. The van der Waals surface area contributed by atoms with Crippen LogP contribution in [0, 0.1) is 23.7 Å². The number of carboxylic acids is 4. The maximum absolute atomic E-state index is 14.7. The van der Waals surface area contributed by atoms with Crippen LogP contribution in [-0.4, -0.2) is 169 Å². The number of ether oxygens (including phenoxy) is 12. The zero-order valence-electron chi connectivity index (χ0n) is 72.5. The molecule has 28 heteroatoms. The first-order chi connectivity index (χ1) is 64.8. The van der Waals surface area contributed by atoms with Gasteiger partial charge in [0.05, 0.1) is 56.8 Å². The van der Waals surface area contributed by atoms with Gasteiger partial charge in [0, 0.05) is 24.6 Å². The van der Waals surface area contributed by atoms with E-state index in [9.17, 15) is 78.0 Å². The normalized spacial score (nSPS) is 16.3. The Labute approximate surface area is 769 Å². The summed E-state index contributed by atoms with van der Waals surface area (Å²) in [6.45, 7) is 8.47. The minimum atomic E-state index is -1.55. The predicted octanol–water partition coefficient (Wildman–Crippen LogP) is 15.7. The fourth-order valence-corrected chi connectivity index (χ4v) is 17.3. The van der Waals surface area contributed by atoms with Crippen molar-refractivity contribution < 1.29 is 135 Å². The standard InChI is InChI=1S/C106H92O28/c1-5-93(107)127-59-73(131-101(119)85-27-11-9-25-81(85)97(111)112)55-123-69-43-35-65(36-44-69)105(89-29-17-13-21-77(89)78-22-14-18-30-90(78)105)67-39-47-71(48-40-67)125-57-75(61-129-95(109)7-3)133-103(121)87-53-63(33-51-83(87)99(115)116)64-34-52-84(100(117)118)88(54-64)104(122)134-76(62-130-96(110)8-4)58-126-72-49-41-68(42-50-72)106(91-31-19-15-23-79(91)80-24-16-20-32-92(80)106)66-37-45-70(46-38-66)124-56-74(60-128-94(108)6-2)132-102(120)86-28-12-10-26-82(86)98(113)114/h5-7,9-24,29-54,73-76,81-82,85-86H,1-3,8,25-28,55-62H2,4H3,(H,111,112)(H,113,114)(H,115,116)(H,117,118). The summed E-state index contributed by atoms with van der Waals surface area (Å²) >= 11 is 0. The van der Waals surface area contributed by atoms with E-state index in [1.54, 1.807) is 79.8 Å². The summed E-state index contributed by atoms with van der Waals surface area (Å²) in [5.41, 5.74) is 6.89. The van der Waals surface area contributed by atoms with Crippen molar-refractivity contribution in [3.05, 3.63) is 360 Å². The summed E-state index contributed by atoms with van der Waals surface area (Å²) < 4.78 is 69.9. The lowest BCUT2D eigenvalue weighted by molar-refractivity contribution is -0.167. The van der Waals surface area contributed by atoms with Crippen molar-refractivity contribution in [2.24, 2.45) is 23.7 Å². The predicted molar refractivity (Wildman–Crippen MR) is 484 cm³/mol. The monoisotopic (exact) mass is 1810 g/mol. The molecule has 10 aromatic carbocycles. The van der Waals surface area contributed by atoms with Crippen LogP contribution in [0.2, 0.25) is 0 Å². The molecular weight excluding hydrogens is 1720 g/mol. The second-order valence-corrected chi connectivity index (χ2v) is 31.9. The summed E-state index contributed by atoms with van der Waals surface area (Å²) in [5, 5.41) is 40.9. The molecule has 0 saturated heterocycles. The van der Waals surface area contributed by atoms with Gasteiger partial charge in [-0.3, -0.25) is 24.0 Å². The molecule has 134 heavy (non-hydrogen) atoms. The van der Waals surface area contributed by atoms with E-state index in [-0.39, 0.29) is 67.9 Å². The van der Waals surface area contributed by atoms with Crippen LogP contribution >= 0.6 is 0 Å². The zero-order chi connectivity index (χ0) is 94.7. The highest BCUT2D eigenvalue weighted by Gasteiger charge is 2.49. The molecule has 4 aliphatic rings. The van der Waals surface area contributed by atoms with Crippen LogP contribution in [0.3, 0.4) is 0 Å². The van der Waals surface area contributed by atoms with Gasteiger partial charge >= 0.3 is 71.6 Å². The molecule has 0 amide bonds. The third-order valence-electron chi connectivity index (χ3n) is 23.7. The molecule has 8 unspecified atom stereocenters. The molecule has 0 fully saturated rings. The van der Waals surface area contributed by atoms with Gasteiger partial charge in [0.25, 0.3) is 0 Å². The molecule has 0 aromatic heterocycles. The molecule has 4 N–H and O–H groups in total. The molecule has 4 aliphatic carbocycles. The lowest BCUT2D eigenvalue weighted by atomic mass is 9.68. The van der Waals surface area contributed by atoms with Crippen LogP contribution in [0.15, 0.2) is 293 Å². The first-order valence-electron chi connectivity index (χ1n) is 43.0. The molecule has 14 rings (SSSR count). The number of allylic oxidation sites excluding steroid dienone is 4. The number of fused-ring (bicyclic) bond motifs is 6. The number of carboxylic acid groups (broad SMARTS) is 4. The van der Waals surface area contributed by atoms with Gasteiger partial charge in [-0.05, 0) is 176 Å². The van der Waals surface area contributed by atoms with E-state index in [2.05, 4.69) is 19.7 Å². The third kappa shape index (κ3) is 20.6. The number of carbonyl (C=O) groups excluding carboxylic acids is 8. The van der Waals surface area contributed by atoms with Gasteiger partial charge in [0.15, 0.2) is 24.4 Å². The van der Waals surface area contributed by atoms with Gasteiger partial charge in [-0.1, -0.05) is 209 Å². The molecule has 0 saturated carbocycles. The lowest BCUT2D eigenvalue weighted by Gasteiger charge is -2.34. The zero-order valence-corrected chi connectivity index (χ0v) is 72.5. The van der Waals surface area contributed by atoms with Crippen LogP contribution in [0.5, 0.6) is 23.0 Å². The highest BCUT2D eigenvalue weighted by Crippen LogP contribution is 2.58. The second kappa shape index (κ2) is 42.5. The molecular formula is C106H92O28. The van der Waals surface area contributed by atoms with Gasteiger partial charge in [-0.25, -0.2) is 33.6 Å². The molecule has 28 nitrogen and oxygen atoms in total. The van der Waals surface area contributed by atoms with E-state index in [0.717, 1.165) is 103 Å². The Morgan fingerprint density at radius 2 is 0.597 bits per heavy atom. The molecule has 10 aromatic rings. The molecule has 0 aliphatic heterocycles. The van der Waals surface area contributed by atoms with Gasteiger partial charge in [0.2, 0.25) is 0 Å². The molecule has 684 valence electrons. The summed E-state index contributed by atoms with van der Waals surface area (Å²) in [4.78, 5) is 156. The largest absolute Gasteiger partial charge is 0.490 e. The van der Waals surface area contributed by atoms with Crippen molar-refractivity contribution in [2.75, 3.05) is 52.9 Å². The van der Waals surface area contributed by atoms with Crippen molar-refractivity contribution in [3.8, 4) is 56.4 Å². The van der Waals surface area contributed by atoms with Crippen molar-refractivity contribution in [2.45, 2.75) is 74.3 Å². The van der Waals surface area contributed by atoms with E-state index in [4.69, 9.17) is 56.8 Å². The van der Waals surface area contributed by atoms with E-state index in [0.29, 0.717) is 11.5 Å². The highest BCUT2D eigenvalue weighted by atomic mass is 16.6. The van der Waals surface area contributed by atoms with Gasteiger partial charge in [0.1, 0.15) is 75.9 Å². The number of aromatic carboxylic acids is 2. The Morgan fingerprint density at radius 1 is 0.328 bits per heavy atom. The molecule has 8 atom stereocenters. The number of aliphatic carboxylic acids is 2. The van der Waals surface area contributed by atoms with Crippen molar-refractivity contribution in [3.63, 3.8) is 0 Å². The van der Waals surface area contributed by atoms with Gasteiger partial charge < -0.3 is 77.3 Å². The summed E-state index contributed by atoms with van der Waals surface area (Å²) in [7, 11) is 0. The Bertz CT molecular complexity index is 6130. The van der Waals surface area contributed by atoms with E-state index in [1.165, 1.54) is 18.2 Å². The minimum absolute atomic E-state index is 0.0616. The maximum atomic E-state index is 14.7. The minimum Gasteiger partial charge on any atom is -0.490 e. The lowest BCUT2D eigenvalue weighted by Crippen LogP contribution is -2.37. The summed E-state index contributed by atoms with van der Waals surface area (Å²) in [5.74, 6) is -15.2. The molecule has 0 radical (unpaired) electrons. The number of rotatable bonds is 41. The van der Waals surface area contributed by atoms with Crippen LogP contribution in [0.1, 0.15) is 125 Å². The molecule has 0 spiro atoms. The smallest absolute Gasteiger partial charge is 0.339 e. The van der Waals surface area contributed by atoms with Gasteiger partial charge in [-0.15, -0.1) is 0 Å². The number of esters is 8. The fraction of sp³-hybridized carbons (Fsp3) is 0.226. The SMILES string of the molecule is C=CC(=O)OCC(COc1ccc(C2(c3ccc(OCC(COC(=O)C=C)OC(=O)C4CC=CCC4C(=O)O)cc3)c3ccccc3-c3ccccc32)cc1)OC(=O)c1cc(-c2ccc(C(=O)O)c(C(=O)OC(COC(=O)CC)COc3ccc(C4(c5ccc(OCC(COC(=O)C=C)OC(=O)C6CC=CCC6C(=O)O)cc5)c5ccccc5-c5ccccc54)cc3)c2)ccc1C(=O)O. The van der Waals surface area contributed by atoms with Crippen molar-refractivity contribution in [1.82, 2.24) is 0 Å². The average molecular weight is 1810 g/mol. The Hall–Kier alpha value is -16.3. The van der Waals surface area contributed by atoms with Crippen LogP contribution in [0.25, 0.3) is 33.4 Å². The number of hydrogen-bond acceptors (Lipinski definition) is 24. The van der Waals surface area contributed by atoms with Gasteiger partial charge in [-0.2, -0.15) is 0 Å². The van der Waals surface area contributed by atoms with E-state index < -0.39 is 192 Å². The summed E-state index contributed by atoms with van der Waals surface area (Å²) in [6, 6.07) is 67.8. The average Bonchev–Trinajstić information content (AvgIpc) is 1.54. The summed E-state index contributed by atoms with van der Waals surface area (Å²) in [6.07, 6.45) is 5.07. The van der Waals surface area contributed by atoms with Crippen LogP contribution in [0.4, 0.5) is 0 Å². The third-order valence-corrected chi connectivity index (χ3v) is 23.7. The number of hydrogen-bond donors (Lipinski definition) is 4. The Morgan fingerprint density at radius 3 is 0.866 bits per heavy atom. The number of benzene rings is 10. The second-order valence-electron chi connectivity index (χ2n) is 31.9. The molecule has 0 bridgehead atoms. The topological polar surface area (TPSA) is 397 Å². The highest BCUT2D eigenvalue weighted by molar-refractivity contribution is 6.06. The maximum Gasteiger partial charge on any atom is 0.339 e. The first-order valence-corrected chi connectivity index (χ1v) is 43.0. The Kier molecular flexibility index (Phi) is 29.8. The van der Waals surface area contributed by atoms with Crippen LogP contribution in [-0.2, 0) is 87.1 Å². The van der Waals surface area contributed by atoms with E-state index in [1.807, 2.05) is 146 Å². The molecule has 0 heterocycles. The quantitative estimate of drug-likeness (QED) is 0.0120. The Balaban J connectivity index is 0.678. The van der Waals surface area contributed by atoms with Crippen molar-refractivity contribution in [1.29, 1.82) is 0 Å². The van der Waals surface area contributed by atoms with Crippen molar-refractivity contribution >= 4 is 71.6 Å². The van der Waals surface area contributed by atoms with E-state index >= 15 is 0 Å².